The van der Waals surface area contributed by atoms with Crippen molar-refractivity contribution in [3.63, 3.8) is 0 Å². The summed E-state index contributed by atoms with van der Waals surface area (Å²) in [5.41, 5.74) is 7.84. The molecule has 0 saturated carbocycles. The molecule has 17 heavy (non-hydrogen) atoms. The molecule has 0 atom stereocenters. The van der Waals surface area contributed by atoms with E-state index in [0.717, 1.165) is 16.5 Å². The highest BCUT2D eigenvalue weighted by Crippen LogP contribution is 2.30. The fourth-order valence-corrected chi connectivity index (χ4v) is 1.98. The number of aromatic nitrogens is 2. The van der Waals surface area contributed by atoms with Crippen LogP contribution in [-0.4, -0.2) is 9.72 Å². The molecule has 0 unspecified atom stereocenters. The molecule has 5 heteroatoms. The molecule has 0 aliphatic heterocycles. The van der Waals surface area contributed by atoms with E-state index in [4.69, 9.17) is 10.3 Å². The molecule has 0 spiro atoms. The van der Waals surface area contributed by atoms with Crippen molar-refractivity contribution in [2.24, 2.45) is 7.05 Å². The predicted molar refractivity (Wildman–Crippen MR) is 62.8 cm³/mol. The number of benzene rings is 1. The molecule has 86 valence electrons. The molecule has 3 aromatic rings. The lowest BCUT2D eigenvalue weighted by molar-refractivity contribution is 0.439. The number of nitrogen functional groups attached to an aromatic ring is 1. The Labute approximate surface area is 96.4 Å². The molecule has 0 radical (unpaired) electrons. The Morgan fingerprint density at radius 3 is 2.88 bits per heavy atom. The second-order valence-electron chi connectivity index (χ2n) is 3.93. The number of rotatable bonds is 1. The molecule has 2 aromatic heterocycles. The number of halogens is 1. The summed E-state index contributed by atoms with van der Waals surface area (Å²) in [4.78, 5) is 0. The lowest BCUT2D eigenvalue weighted by Crippen LogP contribution is -1.83. The first-order chi connectivity index (χ1) is 8.15. The van der Waals surface area contributed by atoms with E-state index in [2.05, 4.69) is 5.16 Å². The second-order valence-corrected chi connectivity index (χ2v) is 3.93. The van der Waals surface area contributed by atoms with Gasteiger partial charge in [-0.15, -0.1) is 0 Å². The maximum Gasteiger partial charge on any atom is 0.222 e. The average Bonchev–Trinajstić information content (AvgIpc) is 2.83. The van der Waals surface area contributed by atoms with Gasteiger partial charge in [-0.05, 0) is 18.2 Å². The van der Waals surface area contributed by atoms with Crippen molar-refractivity contribution in [2.45, 2.75) is 0 Å². The number of anilines is 1. The molecule has 4 nitrogen and oxygen atoms in total. The monoisotopic (exact) mass is 231 g/mol. The standard InChI is InChI=1S/C12H10FN3O/c1-16-6-9(10-5-12(14)17-15-10)8-4-7(13)2-3-11(8)16/h2-6H,14H2,1H3. The van der Waals surface area contributed by atoms with Crippen molar-refractivity contribution in [1.29, 1.82) is 0 Å². The quantitative estimate of drug-likeness (QED) is 0.700. The Morgan fingerprint density at radius 2 is 2.18 bits per heavy atom. The van der Waals surface area contributed by atoms with E-state index < -0.39 is 0 Å². The van der Waals surface area contributed by atoms with Crippen molar-refractivity contribution in [3.8, 4) is 11.3 Å². The largest absolute Gasteiger partial charge is 0.368 e. The molecule has 0 bridgehead atoms. The summed E-state index contributed by atoms with van der Waals surface area (Å²) in [5.74, 6) is -0.0326. The van der Waals surface area contributed by atoms with Crippen molar-refractivity contribution in [3.05, 3.63) is 36.3 Å². The summed E-state index contributed by atoms with van der Waals surface area (Å²) in [5, 5.41) is 4.64. The molecule has 1 aromatic carbocycles. The summed E-state index contributed by atoms with van der Waals surface area (Å²) in [7, 11) is 1.90. The fraction of sp³-hybridized carbons (Fsp3) is 0.0833. The third kappa shape index (κ3) is 1.47. The van der Waals surface area contributed by atoms with Crippen molar-refractivity contribution in [1.82, 2.24) is 9.72 Å². The molecule has 2 N–H and O–H groups in total. The van der Waals surface area contributed by atoms with Crippen LogP contribution in [-0.2, 0) is 7.05 Å². The molecule has 0 fully saturated rings. The minimum Gasteiger partial charge on any atom is -0.368 e. The minimum atomic E-state index is -0.276. The van der Waals surface area contributed by atoms with Gasteiger partial charge in [-0.3, -0.25) is 0 Å². The Hall–Kier alpha value is -2.30. The lowest BCUT2D eigenvalue weighted by Gasteiger charge is -1.95. The predicted octanol–water partition coefficient (Wildman–Crippen LogP) is 2.55. The van der Waals surface area contributed by atoms with E-state index >= 15 is 0 Å². The van der Waals surface area contributed by atoms with E-state index in [0.29, 0.717) is 5.69 Å². The minimum absolute atomic E-state index is 0.244. The number of hydrogen-bond acceptors (Lipinski definition) is 3. The SMILES string of the molecule is Cn1cc(-c2cc(N)on2)c2cc(F)ccc21. The molecule has 2 heterocycles. The normalized spacial score (nSPS) is 11.2. The van der Waals surface area contributed by atoms with Gasteiger partial charge in [0.05, 0.1) is 0 Å². The zero-order chi connectivity index (χ0) is 12.0. The zero-order valence-corrected chi connectivity index (χ0v) is 9.14. The molecular formula is C12H10FN3O. The van der Waals surface area contributed by atoms with E-state index in [1.165, 1.54) is 12.1 Å². The molecule has 3 rings (SSSR count). The number of fused-ring (bicyclic) bond motifs is 1. The number of nitrogens with two attached hydrogens (primary N) is 1. The van der Waals surface area contributed by atoms with Gasteiger partial charge in [-0.2, -0.15) is 0 Å². The highest BCUT2D eigenvalue weighted by molar-refractivity contribution is 5.95. The third-order valence-corrected chi connectivity index (χ3v) is 2.76. The zero-order valence-electron chi connectivity index (χ0n) is 9.14. The Bertz CT molecular complexity index is 699. The van der Waals surface area contributed by atoms with Crippen molar-refractivity contribution >= 4 is 16.8 Å². The Balaban J connectivity index is 2.33. The van der Waals surface area contributed by atoms with Crippen LogP contribution in [0, 0.1) is 5.82 Å². The number of hydrogen-bond donors (Lipinski definition) is 1. The first-order valence-corrected chi connectivity index (χ1v) is 5.12. The van der Waals surface area contributed by atoms with Gasteiger partial charge < -0.3 is 14.8 Å². The first kappa shape index (κ1) is 9.89. The van der Waals surface area contributed by atoms with Gasteiger partial charge in [0.25, 0.3) is 0 Å². The highest BCUT2D eigenvalue weighted by Gasteiger charge is 2.12. The van der Waals surface area contributed by atoms with Gasteiger partial charge in [-0.1, -0.05) is 5.16 Å². The number of nitrogens with zero attached hydrogens (tertiary/aromatic N) is 2. The smallest absolute Gasteiger partial charge is 0.222 e. The van der Waals surface area contributed by atoms with Gasteiger partial charge >= 0.3 is 0 Å². The summed E-state index contributed by atoms with van der Waals surface area (Å²) in [6, 6.07) is 6.27. The van der Waals surface area contributed by atoms with Crippen LogP contribution in [0.4, 0.5) is 10.3 Å². The summed E-state index contributed by atoms with van der Waals surface area (Å²) >= 11 is 0. The number of aryl methyl sites for hydroxylation is 1. The van der Waals surface area contributed by atoms with Crippen LogP contribution in [0.1, 0.15) is 0 Å². The van der Waals surface area contributed by atoms with Gasteiger partial charge in [0.15, 0.2) is 0 Å². The molecule has 0 saturated heterocycles. The maximum atomic E-state index is 13.3. The highest BCUT2D eigenvalue weighted by atomic mass is 19.1. The van der Waals surface area contributed by atoms with Crippen molar-refractivity contribution in [2.75, 3.05) is 5.73 Å². The average molecular weight is 231 g/mol. The van der Waals surface area contributed by atoms with E-state index in [9.17, 15) is 4.39 Å². The maximum absolute atomic E-state index is 13.3. The third-order valence-electron chi connectivity index (χ3n) is 2.76. The van der Waals surface area contributed by atoms with Gasteiger partial charge in [0.1, 0.15) is 11.5 Å². The summed E-state index contributed by atoms with van der Waals surface area (Å²) in [6.45, 7) is 0. The molecule has 0 aliphatic carbocycles. The van der Waals surface area contributed by atoms with Gasteiger partial charge in [-0.25, -0.2) is 4.39 Å². The summed E-state index contributed by atoms with van der Waals surface area (Å²) < 4.78 is 20.0. The summed E-state index contributed by atoms with van der Waals surface area (Å²) in [6.07, 6.45) is 1.88. The van der Waals surface area contributed by atoms with Crippen LogP contribution in [0.15, 0.2) is 35.0 Å². The van der Waals surface area contributed by atoms with Crippen LogP contribution < -0.4 is 5.73 Å². The second kappa shape index (κ2) is 3.35. The van der Waals surface area contributed by atoms with Gasteiger partial charge in [0, 0.05) is 35.8 Å². The first-order valence-electron chi connectivity index (χ1n) is 5.12. The van der Waals surface area contributed by atoms with Crippen LogP contribution in [0.25, 0.3) is 22.2 Å². The lowest BCUT2D eigenvalue weighted by atomic mass is 10.1. The molecule has 0 amide bonds. The van der Waals surface area contributed by atoms with E-state index in [1.54, 1.807) is 12.1 Å². The van der Waals surface area contributed by atoms with E-state index in [-0.39, 0.29) is 11.7 Å². The fourth-order valence-electron chi connectivity index (χ4n) is 1.98. The van der Waals surface area contributed by atoms with Crippen LogP contribution in [0.3, 0.4) is 0 Å². The van der Waals surface area contributed by atoms with Crippen molar-refractivity contribution < 1.29 is 8.91 Å². The molecular weight excluding hydrogens is 221 g/mol. The Kier molecular flexibility index (Phi) is 1.95. The Morgan fingerprint density at radius 1 is 1.35 bits per heavy atom. The van der Waals surface area contributed by atoms with Crippen LogP contribution in [0.2, 0.25) is 0 Å². The topological polar surface area (TPSA) is 57.0 Å². The molecule has 0 aliphatic rings. The van der Waals surface area contributed by atoms with Crippen LogP contribution >= 0.6 is 0 Å². The van der Waals surface area contributed by atoms with E-state index in [1.807, 2.05) is 17.8 Å². The van der Waals surface area contributed by atoms with Gasteiger partial charge in [0.2, 0.25) is 5.88 Å². The van der Waals surface area contributed by atoms with Crippen LogP contribution in [0.5, 0.6) is 0 Å².